The molecule has 1 heterocycles. The van der Waals surface area contributed by atoms with Gasteiger partial charge in [-0.3, -0.25) is 4.79 Å². The maximum atomic E-state index is 12.1. The van der Waals surface area contributed by atoms with Crippen LogP contribution in [-0.2, 0) is 14.8 Å². The molecule has 1 aliphatic heterocycles. The number of likely N-dealkylation sites (N-methyl/N-ethyl adjacent to an activating group) is 1. The summed E-state index contributed by atoms with van der Waals surface area (Å²) < 4.78 is 25.7. The molecule has 0 aromatic rings. The molecule has 7 heteroatoms. The molecule has 0 aliphatic carbocycles. The Morgan fingerprint density at radius 3 is 2.35 bits per heavy atom. The highest BCUT2D eigenvalue weighted by molar-refractivity contribution is 7.89. The quantitative estimate of drug-likeness (QED) is 0.725. The Balaban J connectivity index is 2.30. The Hall–Kier alpha value is -0.660. The number of amides is 1. The van der Waals surface area contributed by atoms with Crippen molar-refractivity contribution in [3.8, 4) is 0 Å². The second-order valence-corrected chi connectivity index (χ2v) is 7.89. The van der Waals surface area contributed by atoms with E-state index in [9.17, 15) is 13.2 Å². The summed E-state index contributed by atoms with van der Waals surface area (Å²) in [6.45, 7) is 7.33. The first-order chi connectivity index (χ1) is 9.31. The van der Waals surface area contributed by atoms with Crippen LogP contribution >= 0.6 is 0 Å². The van der Waals surface area contributed by atoms with Crippen LogP contribution in [-0.4, -0.2) is 69.1 Å². The second kappa shape index (κ2) is 7.95. The minimum absolute atomic E-state index is 0.0484. The van der Waals surface area contributed by atoms with E-state index in [4.69, 9.17) is 0 Å². The highest BCUT2D eigenvalue weighted by Crippen LogP contribution is 2.08. The summed E-state index contributed by atoms with van der Waals surface area (Å²) in [6.07, 6.45) is 0.962. The molecule has 1 N–H and O–H groups in total. The number of nitrogens with zero attached hydrogens (tertiary/aromatic N) is 2. The van der Waals surface area contributed by atoms with E-state index in [0.717, 1.165) is 19.5 Å². The maximum absolute atomic E-state index is 12.1. The minimum atomic E-state index is -3.30. The molecule has 6 nitrogen and oxygen atoms in total. The van der Waals surface area contributed by atoms with E-state index in [2.05, 4.69) is 24.1 Å². The van der Waals surface area contributed by atoms with E-state index in [-0.39, 0.29) is 18.1 Å². The number of piperazine rings is 1. The van der Waals surface area contributed by atoms with Crippen LogP contribution < -0.4 is 5.32 Å². The van der Waals surface area contributed by atoms with E-state index >= 15 is 0 Å². The first-order valence-corrected chi connectivity index (χ1v) is 8.85. The van der Waals surface area contributed by atoms with Crippen molar-refractivity contribution in [2.24, 2.45) is 5.92 Å². The monoisotopic (exact) mass is 305 g/mol. The third-order valence-electron chi connectivity index (χ3n) is 3.49. The van der Waals surface area contributed by atoms with Gasteiger partial charge in [0.05, 0.1) is 5.75 Å². The van der Waals surface area contributed by atoms with Gasteiger partial charge in [0.1, 0.15) is 0 Å². The van der Waals surface area contributed by atoms with E-state index in [1.165, 1.54) is 4.31 Å². The molecule has 0 unspecified atom stereocenters. The lowest BCUT2D eigenvalue weighted by Crippen LogP contribution is -2.48. The average molecular weight is 305 g/mol. The Bertz CT molecular complexity index is 401. The lowest BCUT2D eigenvalue weighted by molar-refractivity contribution is -0.120. The first-order valence-electron chi connectivity index (χ1n) is 7.24. The zero-order valence-corrected chi connectivity index (χ0v) is 13.6. The van der Waals surface area contributed by atoms with E-state index < -0.39 is 10.0 Å². The van der Waals surface area contributed by atoms with Gasteiger partial charge < -0.3 is 10.2 Å². The highest BCUT2D eigenvalue weighted by Gasteiger charge is 2.25. The second-order valence-electron chi connectivity index (χ2n) is 5.80. The number of hydrogen-bond acceptors (Lipinski definition) is 4. The summed E-state index contributed by atoms with van der Waals surface area (Å²) in [5, 5.41) is 2.77. The van der Waals surface area contributed by atoms with Gasteiger partial charge in [-0.15, -0.1) is 0 Å². The molecular weight excluding hydrogens is 278 g/mol. The number of hydrogen-bond donors (Lipinski definition) is 1. The predicted molar refractivity (Wildman–Crippen MR) is 79.9 cm³/mol. The fraction of sp³-hybridized carbons (Fsp3) is 0.923. The Morgan fingerprint density at radius 2 is 1.80 bits per heavy atom. The van der Waals surface area contributed by atoms with E-state index in [0.29, 0.717) is 25.6 Å². The lowest BCUT2D eigenvalue weighted by atomic mass is 10.1. The van der Waals surface area contributed by atoms with Crippen molar-refractivity contribution >= 4 is 15.9 Å². The van der Waals surface area contributed by atoms with Crippen molar-refractivity contribution < 1.29 is 13.2 Å². The highest BCUT2D eigenvalue weighted by atomic mass is 32.2. The molecule has 0 spiro atoms. The van der Waals surface area contributed by atoms with Gasteiger partial charge in [-0.05, 0) is 19.4 Å². The van der Waals surface area contributed by atoms with Gasteiger partial charge in [0.15, 0.2) is 0 Å². The largest absolute Gasteiger partial charge is 0.356 e. The topological polar surface area (TPSA) is 69.7 Å². The van der Waals surface area contributed by atoms with Gasteiger partial charge >= 0.3 is 0 Å². The molecule has 0 radical (unpaired) electrons. The van der Waals surface area contributed by atoms with Gasteiger partial charge in [-0.2, -0.15) is 4.31 Å². The molecule has 1 saturated heterocycles. The molecule has 0 aromatic heterocycles. The standard InChI is InChI=1S/C13H27N3O3S/c1-12(2)4-6-14-13(17)5-11-20(18,19)16-9-7-15(3)8-10-16/h12H,4-11H2,1-3H3,(H,14,17). The van der Waals surface area contributed by atoms with Gasteiger partial charge in [0.2, 0.25) is 15.9 Å². The normalized spacial score (nSPS) is 18.4. The van der Waals surface area contributed by atoms with Crippen molar-refractivity contribution in [2.45, 2.75) is 26.7 Å². The van der Waals surface area contributed by atoms with E-state index in [1.807, 2.05) is 7.05 Å². The summed E-state index contributed by atoms with van der Waals surface area (Å²) in [5.74, 6) is 0.261. The molecule has 1 rings (SSSR count). The third-order valence-corrected chi connectivity index (χ3v) is 5.36. The summed E-state index contributed by atoms with van der Waals surface area (Å²) in [5.41, 5.74) is 0. The zero-order valence-electron chi connectivity index (χ0n) is 12.8. The number of carbonyl (C=O) groups excluding carboxylic acids is 1. The molecule has 1 fully saturated rings. The molecule has 1 aliphatic rings. The fourth-order valence-corrected chi connectivity index (χ4v) is 3.43. The van der Waals surface area contributed by atoms with Crippen molar-refractivity contribution in [3.05, 3.63) is 0 Å². The molecule has 0 saturated carbocycles. The SMILES string of the molecule is CC(C)CCNC(=O)CCS(=O)(=O)N1CCN(C)CC1. The molecule has 0 atom stereocenters. The van der Waals surface area contributed by atoms with Crippen LogP contribution in [0, 0.1) is 5.92 Å². The van der Waals surface area contributed by atoms with Crippen molar-refractivity contribution in [3.63, 3.8) is 0 Å². The Morgan fingerprint density at radius 1 is 1.20 bits per heavy atom. The number of nitrogens with one attached hydrogen (secondary N) is 1. The Kier molecular flexibility index (Phi) is 6.91. The molecule has 118 valence electrons. The zero-order chi connectivity index (χ0) is 15.2. The smallest absolute Gasteiger partial charge is 0.221 e. The molecular formula is C13H27N3O3S. The summed E-state index contributed by atoms with van der Waals surface area (Å²) in [6, 6.07) is 0. The lowest BCUT2D eigenvalue weighted by Gasteiger charge is -2.31. The van der Waals surface area contributed by atoms with Crippen LogP contribution in [0.2, 0.25) is 0 Å². The van der Waals surface area contributed by atoms with Gasteiger partial charge in [-0.1, -0.05) is 13.8 Å². The number of sulfonamides is 1. The van der Waals surface area contributed by atoms with Crippen molar-refractivity contribution in [1.82, 2.24) is 14.5 Å². The van der Waals surface area contributed by atoms with Crippen LogP contribution in [0.4, 0.5) is 0 Å². The average Bonchev–Trinajstić information content (AvgIpc) is 2.36. The minimum Gasteiger partial charge on any atom is -0.356 e. The molecule has 1 amide bonds. The maximum Gasteiger partial charge on any atom is 0.221 e. The first kappa shape index (κ1) is 17.4. The van der Waals surface area contributed by atoms with Crippen LogP contribution in [0.5, 0.6) is 0 Å². The van der Waals surface area contributed by atoms with Gasteiger partial charge in [0.25, 0.3) is 0 Å². The molecule has 0 aromatic carbocycles. The van der Waals surface area contributed by atoms with E-state index in [1.54, 1.807) is 0 Å². The number of carbonyl (C=O) groups is 1. The predicted octanol–water partition coefficient (Wildman–Crippen LogP) is 0.116. The summed E-state index contributed by atoms with van der Waals surface area (Å²) >= 11 is 0. The van der Waals surface area contributed by atoms with Crippen LogP contribution in [0.25, 0.3) is 0 Å². The van der Waals surface area contributed by atoms with Crippen molar-refractivity contribution in [2.75, 3.05) is 45.5 Å². The van der Waals surface area contributed by atoms with Gasteiger partial charge in [0, 0.05) is 39.1 Å². The molecule has 0 bridgehead atoms. The number of rotatable bonds is 7. The third kappa shape index (κ3) is 6.19. The summed E-state index contributed by atoms with van der Waals surface area (Å²) in [7, 11) is -1.32. The van der Waals surface area contributed by atoms with Crippen molar-refractivity contribution in [1.29, 1.82) is 0 Å². The van der Waals surface area contributed by atoms with Crippen LogP contribution in [0.15, 0.2) is 0 Å². The van der Waals surface area contributed by atoms with Crippen LogP contribution in [0.1, 0.15) is 26.7 Å². The van der Waals surface area contributed by atoms with Gasteiger partial charge in [-0.25, -0.2) is 8.42 Å². The fourth-order valence-electron chi connectivity index (χ4n) is 2.01. The van der Waals surface area contributed by atoms with Crippen LogP contribution in [0.3, 0.4) is 0 Å². The summed E-state index contributed by atoms with van der Waals surface area (Å²) in [4.78, 5) is 13.7. The molecule has 20 heavy (non-hydrogen) atoms. The Labute approximate surface area is 122 Å².